The molecular weight excluding hydrogens is 326 g/mol. The smallest absolute Gasteiger partial charge is 0.251 e. The van der Waals surface area contributed by atoms with E-state index >= 15 is 0 Å². The third kappa shape index (κ3) is 3.06. The van der Waals surface area contributed by atoms with E-state index in [2.05, 4.69) is 5.32 Å². The fourth-order valence-electron chi connectivity index (χ4n) is 4.36. The van der Waals surface area contributed by atoms with Crippen LogP contribution in [0.3, 0.4) is 0 Å². The third-order valence-electron chi connectivity index (χ3n) is 5.83. The molecule has 1 unspecified atom stereocenters. The van der Waals surface area contributed by atoms with Crippen LogP contribution in [0.15, 0.2) is 30.3 Å². The SMILES string of the molecule is CNC(=O)c1cc(C2CCN(C(=O)C3CCCC3)C2)nc2ccccc12. The molecule has 1 atom stereocenters. The lowest BCUT2D eigenvalue weighted by Crippen LogP contribution is -2.33. The van der Waals surface area contributed by atoms with Gasteiger partial charge in [-0.15, -0.1) is 0 Å². The lowest BCUT2D eigenvalue weighted by atomic mass is 9.99. The van der Waals surface area contributed by atoms with Gasteiger partial charge in [0.1, 0.15) is 0 Å². The molecule has 2 amide bonds. The zero-order chi connectivity index (χ0) is 18.1. The zero-order valence-corrected chi connectivity index (χ0v) is 15.2. The molecule has 0 spiro atoms. The normalized spacial score (nSPS) is 20.7. The minimum atomic E-state index is -0.0956. The summed E-state index contributed by atoms with van der Waals surface area (Å²) < 4.78 is 0. The maximum atomic E-state index is 12.7. The second-order valence-electron chi connectivity index (χ2n) is 7.44. The van der Waals surface area contributed by atoms with Gasteiger partial charge in [-0.05, 0) is 31.4 Å². The third-order valence-corrected chi connectivity index (χ3v) is 5.83. The molecule has 5 nitrogen and oxygen atoms in total. The first-order valence-electron chi connectivity index (χ1n) is 9.58. The molecule has 1 aromatic carbocycles. The van der Waals surface area contributed by atoms with Gasteiger partial charge in [-0.25, -0.2) is 0 Å². The predicted octanol–water partition coefficient (Wildman–Crippen LogP) is 3.10. The van der Waals surface area contributed by atoms with Gasteiger partial charge < -0.3 is 10.2 Å². The van der Waals surface area contributed by atoms with Crippen molar-refractivity contribution in [3.8, 4) is 0 Å². The van der Waals surface area contributed by atoms with Crippen molar-refractivity contribution in [1.29, 1.82) is 0 Å². The zero-order valence-electron chi connectivity index (χ0n) is 15.2. The Hall–Kier alpha value is -2.43. The van der Waals surface area contributed by atoms with Crippen molar-refractivity contribution < 1.29 is 9.59 Å². The summed E-state index contributed by atoms with van der Waals surface area (Å²) in [4.78, 5) is 31.9. The molecule has 2 aromatic rings. The number of nitrogens with one attached hydrogen (secondary N) is 1. The molecule has 2 heterocycles. The van der Waals surface area contributed by atoms with Crippen LogP contribution in [-0.4, -0.2) is 41.8 Å². The van der Waals surface area contributed by atoms with E-state index in [0.29, 0.717) is 18.0 Å². The summed E-state index contributed by atoms with van der Waals surface area (Å²) >= 11 is 0. The van der Waals surface area contributed by atoms with Crippen LogP contribution in [0.1, 0.15) is 54.1 Å². The number of pyridine rings is 1. The molecule has 1 aliphatic heterocycles. The van der Waals surface area contributed by atoms with Crippen LogP contribution in [0.5, 0.6) is 0 Å². The molecule has 1 saturated carbocycles. The van der Waals surface area contributed by atoms with E-state index in [1.54, 1.807) is 7.05 Å². The number of amides is 2. The first kappa shape index (κ1) is 17.0. The number of benzene rings is 1. The Kier molecular flexibility index (Phi) is 4.62. The average Bonchev–Trinajstić information content (AvgIpc) is 3.38. The standard InChI is InChI=1S/C21H25N3O2/c1-22-20(25)17-12-19(23-18-9-5-4-8-16(17)18)15-10-11-24(13-15)21(26)14-6-2-3-7-14/h4-5,8-9,12,14-15H,2-3,6-7,10-11,13H2,1H3,(H,22,25). The van der Waals surface area contributed by atoms with Gasteiger partial charge >= 0.3 is 0 Å². The number of carbonyl (C=O) groups is 2. The summed E-state index contributed by atoms with van der Waals surface area (Å²) in [5.41, 5.74) is 2.42. The Morgan fingerprint density at radius 3 is 2.69 bits per heavy atom. The number of aromatic nitrogens is 1. The van der Waals surface area contributed by atoms with E-state index < -0.39 is 0 Å². The van der Waals surface area contributed by atoms with Gasteiger partial charge in [0.05, 0.1) is 11.1 Å². The highest BCUT2D eigenvalue weighted by atomic mass is 16.2. The van der Waals surface area contributed by atoms with Gasteiger partial charge in [0.15, 0.2) is 0 Å². The monoisotopic (exact) mass is 351 g/mol. The molecule has 0 radical (unpaired) electrons. The van der Waals surface area contributed by atoms with Gasteiger partial charge in [0.25, 0.3) is 5.91 Å². The second-order valence-corrected chi connectivity index (χ2v) is 7.44. The molecule has 136 valence electrons. The quantitative estimate of drug-likeness (QED) is 0.924. The summed E-state index contributed by atoms with van der Waals surface area (Å²) in [5, 5.41) is 3.59. The van der Waals surface area contributed by atoms with Crippen molar-refractivity contribution >= 4 is 22.7 Å². The second kappa shape index (κ2) is 7.06. The van der Waals surface area contributed by atoms with E-state index in [1.165, 1.54) is 12.8 Å². The summed E-state index contributed by atoms with van der Waals surface area (Å²) in [5.74, 6) is 0.646. The topological polar surface area (TPSA) is 62.3 Å². The summed E-state index contributed by atoms with van der Waals surface area (Å²) in [7, 11) is 1.65. The first-order valence-corrected chi connectivity index (χ1v) is 9.58. The number of carbonyl (C=O) groups excluding carboxylic acids is 2. The van der Waals surface area contributed by atoms with E-state index in [-0.39, 0.29) is 17.7 Å². The Morgan fingerprint density at radius 2 is 1.92 bits per heavy atom. The maximum Gasteiger partial charge on any atom is 0.251 e. The van der Waals surface area contributed by atoms with E-state index in [1.807, 2.05) is 35.2 Å². The number of rotatable bonds is 3. The molecule has 2 aliphatic rings. The Morgan fingerprint density at radius 1 is 1.15 bits per heavy atom. The van der Waals surface area contributed by atoms with Crippen LogP contribution < -0.4 is 5.32 Å². The summed E-state index contributed by atoms with van der Waals surface area (Å²) in [6.45, 7) is 1.51. The van der Waals surface area contributed by atoms with Crippen LogP contribution in [-0.2, 0) is 4.79 Å². The van der Waals surface area contributed by atoms with Crippen LogP contribution in [0.25, 0.3) is 10.9 Å². The molecule has 2 fully saturated rings. The predicted molar refractivity (Wildman–Crippen MR) is 101 cm³/mol. The van der Waals surface area contributed by atoms with Gasteiger partial charge in [0, 0.05) is 43.1 Å². The Bertz CT molecular complexity index is 842. The lowest BCUT2D eigenvalue weighted by Gasteiger charge is -2.20. The van der Waals surface area contributed by atoms with Gasteiger partial charge in [-0.1, -0.05) is 31.0 Å². The fraction of sp³-hybridized carbons (Fsp3) is 0.476. The Balaban J connectivity index is 1.61. The lowest BCUT2D eigenvalue weighted by molar-refractivity contribution is -0.134. The van der Waals surface area contributed by atoms with Gasteiger partial charge in [0.2, 0.25) is 5.91 Å². The summed E-state index contributed by atoms with van der Waals surface area (Å²) in [6, 6.07) is 9.66. The number of fused-ring (bicyclic) bond motifs is 1. The molecule has 5 heteroatoms. The maximum absolute atomic E-state index is 12.7. The molecular formula is C21H25N3O2. The molecule has 0 bridgehead atoms. The number of nitrogens with zero attached hydrogens (tertiary/aromatic N) is 2. The average molecular weight is 351 g/mol. The van der Waals surface area contributed by atoms with Crippen molar-refractivity contribution in [2.45, 2.75) is 38.0 Å². The number of para-hydroxylation sites is 1. The highest BCUT2D eigenvalue weighted by Crippen LogP contribution is 2.33. The molecule has 4 rings (SSSR count). The summed E-state index contributed by atoms with van der Waals surface area (Å²) in [6.07, 6.45) is 5.34. The van der Waals surface area contributed by atoms with Crippen LogP contribution in [0.4, 0.5) is 0 Å². The molecule has 1 N–H and O–H groups in total. The van der Waals surface area contributed by atoms with E-state index in [9.17, 15) is 9.59 Å². The molecule has 1 aromatic heterocycles. The van der Waals surface area contributed by atoms with Crippen molar-refractivity contribution in [3.05, 3.63) is 41.6 Å². The molecule has 1 aliphatic carbocycles. The van der Waals surface area contributed by atoms with Crippen molar-refractivity contribution in [1.82, 2.24) is 15.2 Å². The van der Waals surface area contributed by atoms with Crippen LogP contribution >= 0.6 is 0 Å². The van der Waals surface area contributed by atoms with Crippen molar-refractivity contribution in [2.75, 3.05) is 20.1 Å². The number of likely N-dealkylation sites (tertiary alicyclic amines) is 1. The highest BCUT2D eigenvalue weighted by Gasteiger charge is 2.33. The number of hydrogen-bond acceptors (Lipinski definition) is 3. The number of hydrogen-bond donors (Lipinski definition) is 1. The van der Waals surface area contributed by atoms with E-state index in [0.717, 1.165) is 42.4 Å². The minimum absolute atomic E-state index is 0.0956. The van der Waals surface area contributed by atoms with Crippen LogP contribution in [0, 0.1) is 5.92 Å². The minimum Gasteiger partial charge on any atom is -0.355 e. The van der Waals surface area contributed by atoms with Gasteiger partial charge in [-0.2, -0.15) is 0 Å². The van der Waals surface area contributed by atoms with Gasteiger partial charge in [-0.3, -0.25) is 14.6 Å². The fourth-order valence-corrected chi connectivity index (χ4v) is 4.36. The highest BCUT2D eigenvalue weighted by molar-refractivity contribution is 6.06. The van der Waals surface area contributed by atoms with Crippen molar-refractivity contribution in [2.24, 2.45) is 5.92 Å². The largest absolute Gasteiger partial charge is 0.355 e. The molecule has 26 heavy (non-hydrogen) atoms. The van der Waals surface area contributed by atoms with E-state index in [4.69, 9.17) is 4.98 Å². The van der Waals surface area contributed by atoms with Crippen LogP contribution in [0.2, 0.25) is 0 Å². The molecule has 1 saturated heterocycles. The first-order chi connectivity index (χ1) is 12.7. The Labute approximate surface area is 153 Å². The van der Waals surface area contributed by atoms with Crippen molar-refractivity contribution in [3.63, 3.8) is 0 Å².